The molecule has 0 saturated carbocycles. The zero-order valence-electron chi connectivity index (χ0n) is 11.5. The number of alkyl halides is 3. The Kier molecular flexibility index (Phi) is 4.41. The van der Waals surface area contributed by atoms with Gasteiger partial charge < -0.3 is 4.57 Å². The van der Waals surface area contributed by atoms with Crippen LogP contribution in [0.2, 0.25) is 0 Å². The summed E-state index contributed by atoms with van der Waals surface area (Å²) in [5.74, 6) is -0.571. The van der Waals surface area contributed by atoms with E-state index < -0.39 is 9.58 Å². The first-order chi connectivity index (χ1) is 9.66. The van der Waals surface area contributed by atoms with E-state index in [1.807, 2.05) is 24.5 Å². The molecule has 2 aromatic rings. The summed E-state index contributed by atoms with van der Waals surface area (Å²) in [5, 5.41) is 10.0. The smallest absolute Gasteiger partial charge is 0.253 e. The summed E-state index contributed by atoms with van der Waals surface area (Å²) in [5.41, 5.74) is 2.38. The van der Waals surface area contributed by atoms with E-state index in [2.05, 4.69) is 6.07 Å². The van der Waals surface area contributed by atoms with E-state index >= 15 is 0 Å². The number of carbonyl (C=O) groups excluding carboxylic acids is 1. The van der Waals surface area contributed by atoms with Crippen LogP contribution in [-0.4, -0.2) is 14.1 Å². The van der Waals surface area contributed by atoms with Crippen LogP contribution in [0.15, 0.2) is 12.1 Å². The minimum absolute atomic E-state index is 0.349. The van der Waals surface area contributed by atoms with E-state index in [4.69, 9.17) is 34.8 Å². The van der Waals surface area contributed by atoms with E-state index in [0.717, 1.165) is 15.6 Å². The maximum atomic E-state index is 12.2. The van der Waals surface area contributed by atoms with Crippen LogP contribution >= 0.6 is 46.1 Å². The van der Waals surface area contributed by atoms with Crippen LogP contribution in [0, 0.1) is 32.1 Å². The highest BCUT2D eigenvalue weighted by Crippen LogP contribution is 2.35. The first kappa shape index (κ1) is 16.4. The molecule has 0 aliphatic carbocycles. The quantitative estimate of drug-likeness (QED) is 0.565. The number of aromatic nitrogens is 1. The van der Waals surface area contributed by atoms with Gasteiger partial charge in [0.05, 0.1) is 5.56 Å². The number of rotatable bonds is 2. The number of hydrogen-bond acceptors (Lipinski definition) is 3. The molecule has 2 rings (SSSR count). The lowest BCUT2D eigenvalue weighted by Gasteiger charge is -2.10. The largest absolute Gasteiger partial charge is 0.308 e. The lowest BCUT2D eigenvalue weighted by molar-refractivity contribution is 0.0996. The average molecular weight is 362 g/mol. The predicted molar refractivity (Wildman–Crippen MR) is 87.2 cm³/mol. The zero-order valence-corrected chi connectivity index (χ0v) is 14.6. The van der Waals surface area contributed by atoms with Crippen LogP contribution in [0.1, 0.15) is 32.2 Å². The molecule has 0 aliphatic heterocycles. The number of nitriles is 1. The number of nitrogens with zero attached hydrogens (tertiary/aromatic N) is 2. The van der Waals surface area contributed by atoms with Gasteiger partial charge in [-0.2, -0.15) is 5.26 Å². The summed E-state index contributed by atoms with van der Waals surface area (Å²) in [6, 6.07) is 5.66. The highest BCUT2D eigenvalue weighted by atomic mass is 35.6. The number of thiophene rings is 1. The second kappa shape index (κ2) is 5.66. The van der Waals surface area contributed by atoms with Crippen molar-refractivity contribution in [1.82, 2.24) is 4.57 Å². The van der Waals surface area contributed by atoms with Gasteiger partial charge in [-0.05, 0) is 32.9 Å². The Bertz CT molecular complexity index is 763. The number of aryl methyl sites for hydroxylation is 2. The number of halogens is 3. The molecule has 0 spiro atoms. The van der Waals surface area contributed by atoms with Crippen molar-refractivity contribution >= 4 is 51.9 Å². The molecule has 2 heterocycles. The summed E-state index contributed by atoms with van der Waals surface area (Å²) >= 11 is 18.5. The zero-order chi connectivity index (χ0) is 15.9. The Labute approximate surface area is 141 Å². The van der Waals surface area contributed by atoms with Crippen molar-refractivity contribution in [3.63, 3.8) is 0 Å². The van der Waals surface area contributed by atoms with Crippen molar-refractivity contribution in [2.45, 2.75) is 24.6 Å². The molecule has 0 amide bonds. The minimum Gasteiger partial charge on any atom is -0.308 e. The Balaban J connectivity index is 2.65. The summed E-state index contributed by atoms with van der Waals surface area (Å²) in [6.45, 7) is 5.54. The third kappa shape index (κ3) is 2.97. The highest BCUT2D eigenvalue weighted by molar-refractivity contribution is 7.14. The molecule has 0 N–H and O–H groups in total. The molecule has 0 fully saturated rings. The summed E-state index contributed by atoms with van der Waals surface area (Å²) in [4.78, 5) is 13.2. The molecule has 0 radical (unpaired) electrons. The lowest BCUT2D eigenvalue weighted by atomic mass is 10.2. The highest BCUT2D eigenvalue weighted by Gasteiger charge is 2.34. The second-order valence-corrected chi connectivity index (χ2v) is 8.15. The van der Waals surface area contributed by atoms with E-state index in [1.165, 1.54) is 11.3 Å². The van der Waals surface area contributed by atoms with Gasteiger partial charge in [-0.3, -0.25) is 4.79 Å². The third-order valence-electron chi connectivity index (χ3n) is 3.09. The maximum Gasteiger partial charge on any atom is 0.253 e. The normalized spacial score (nSPS) is 11.5. The van der Waals surface area contributed by atoms with Crippen molar-refractivity contribution in [1.29, 1.82) is 5.26 Å². The van der Waals surface area contributed by atoms with Gasteiger partial charge in [0.15, 0.2) is 0 Å². The molecule has 7 heteroatoms. The fourth-order valence-electron chi connectivity index (χ4n) is 2.21. The molecule has 0 saturated heterocycles. The average Bonchev–Trinajstić information content (AvgIpc) is 2.87. The molecule has 110 valence electrons. The van der Waals surface area contributed by atoms with Crippen molar-refractivity contribution < 1.29 is 4.79 Å². The van der Waals surface area contributed by atoms with Crippen molar-refractivity contribution in [3.8, 4) is 11.1 Å². The first-order valence-corrected chi connectivity index (χ1v) is 7.93. The fraction of sp³-hybridized carbons (Fsp3) is 0.286. The maximum absolute atomic E-state index is 12.2. The van der Waals surface area contributed by atoms with Crippen LogP contribution in [0.4, 0.5) is 0 Å². The number of ketones is 1. The number of Topliss-reactive ketones (excluding diaryl/α,β-unsaturated/α-hetero) is 1. The molecule has 21 heavy (non-hydrogen) atoms. The van der Waals surface area contributed by atoms with Gasteiger partial charge in [0.2, 0.25) is 5.78 Å². The molecule has 0 atom stereocenters. The lowest BCUT2D eigenvalue weighted by Crippen LogP contribution is -2.19. The molecule has 2 aromatic heterocycles. The van der Waals surface area contributed by atoms with E-state index in [1.54, 1.807) is 13.0 Å². The molecule has 3 nitrogen and oxygen atoms in total. The molecular weight excluding hydrogens is 351 g/mol. The fourth-order valence-corrected chi connectivity index (χ4v) is 3.58. The van der Waals surface area contributed by atoms with Gasteiger partial charge >= 0.3 is 0 Å². The third-order valence-corrected chi connectivity index (χ3v) is 4.64. The van der Waals surface area contributed by atoms with Gasteiger partial charge in [0.1, 0.15) is 11.1 Å². The second-order valence-electron chi connectivity index (χ2n) is 4.63. The summed E-state index contributed by atoms with van der Waals surface area (Å²) in [6.07, 6.45) is 0. The van der Waals surface area contributed by atoms with Gasteiger partial charge in [-0.1, -0.05) is 34.8 Å². The Morgan fingerprint density at radius 1 is 1.29 bits per heavy atom. The first-order valence-electron chi connectivity index (χ1n) is 5.98. The van der Waals surface area contributed by atoms with Gasteiger partial charge in [-0.15, -0.1) is 11.3 Å². The molecule has 0 unspecified atom stereocenters. The molecule has 0 aliphatic rings. The predicted octanol–water partition coefficient (Wildman–Crippen LogP) is 4.89. The van der Waals surface area contributed by atoms with Crippen LogP contribution < -0.4 is 0 Å². The molecule has 0 aromatic carbocycles. The Hall–Kier alpha value is -0.990. The standard InChI is InChI=1S/C14H11Cl3N2OS/c1-7-4-11(12(20)14(15,16)17)9(3)19(7)13-10(6-18)5-8(2)21-13/h4-5H,1-3H3. The molecule has 0 bridgehead atoms. The van der Waals surface area contributed by atoms with Crippen molar-refractivity contribution in [2.24, 2.45) is 0 Å². The Morgan fingerprint density at radius 2 is 1.90 bits per heavy atom. The van der Waals surface area contributed by atoms with Crippen LogP contribution in [0.25, 0.3) is 5.00 Å². The van der Waals surface area contributed by atoms with Gasteiger partial charge in [0.25, 0.3) is 3.79 Å². The van der Waals surface area contributed by atoms with E-state index in [9.17, 15) is 10.1 Å². The topological polar surface area (TPSA) is 45.8 Å². The van der Waals surface area contributed by atoms with Crippen LogP contribution in [0.3, 0.4) is 0 Å². The van der Waals surface area contributed by atoms with E-state index in [-0.39, 0.29) is 0 Å². The Morgan fingerprint density at radius 3 is 2.43 bits per heavy atom. The minimum atomic E-state index is -1.99. The van der Waals surface area contributed by atoms with Crippen molar-refractivity contribution in [3.05, 3.63) is 39.5 Å². The van der Waals surface area contributed by atoms with E-state index in [0.29, 0.717) is 16.8 Å². The number of carbonyl (C=O) groups is 1. The van der Waals surface area contributed by atoms with Crippen LogP contribution in [0.5, 0.6) is 0 Å². The monoisotopic (exact) mass is 360 g/mol. The van der Waals surface area contributed by atoms with Gasteiger partial charge in [-0.25, -0.2) is 0 Å². The number of hydrogen-bond donors (Lipinski definition) is 0. The van der Waals surface area contributed by atoms with Crippen molar-refractivity contribution in [2.75, 3.05) is 0 Å². The van der Waals surface area contributed by atoms with Crippen LogP contribution in [-0.2, 0) is 0 Å². The SMILES string of the molecule is Cc1cc(C#N)c(-n2c(C)cc(C(=O)C(Cl)(Cl)Cl)c2C)s1. The summed E-state index contributed by atoms with van der Waals surface area (Å²) in [7, 11) is 0. The molecular formula is C14H11Cl3N2OS. The summed E-state index contributed by atoms with van der Waals surface area (Å²) < 4.78 is -0.146. The van der Waals surface area contributed by atoms with Gasteiger partial charge in [0, 0.05) is 21.8 Å².